The molecule has 42 heavy (non-hydrogen) atoms. The molecule has 7 heteroatoms. The Labute approximate surface area is 246 Å². The van der Waals surface area contributed by atoms with Gasteiger partial charge < -0.3 is 14.8 Å². The Morgan fingerprint density at radius 2 is 1.62 bits per heavy atom. The molecule has 1 fully saturated rings. The van der Waals surface area contributed by atoms with Crippen LogP contribution in [0.5, 0.6) is 0 Å². The molecule has 0 saturated carbocycles. The highest BCUT2D eigenvalue weighted by Crippen LogP contribution is 2.63. The predicted octanol–water partition coefficient (Wildman–Crippen LogP) is 5.67. The molecule has 0 radical (unpaired) electrons. The SMILES string of the molecule is COC(=O)C1=C2Nc3ccccc3C23CCN(Cc2ccccc2)[C@H]3[C@](CCCOC(=O)c2ccccc2)(C(C)=O)C1. The number of Topliss-reactive ketones (excluding diaryl/α,β-unsaturated/α-hetero) is 1. The fourth-order valence-corrected chi connectivity index (χ4v) is 7.68. The number of hydrogen-bond acceptors (Lipinski definition) is 7. The van der Waals surface area contributed by atoms with Gasteiger partial charge in [0.15, 0.2) is 0 Å². The Bertz CT molecular complexity index is 1540. The quantitative estimate of drug-likeness (QED) is 0.265. The lowest BCUT2D eigenvalue weighted by molar-refractivity contribution is -0.139. The molecule has 1 aliphatic carbocycles. The summed E-state index contributed by atoms with van der Waals surface area (Å²) in [7, 11) is 1.39. The second kappa shape index (κ2) is 11.2. The smallest absolute Gasteiger partial charge is 0.338 e. The van der Waals surface area contributed by atoms with Gasteiger partial charge in [0.1, 0.15) is 5.78 Å². The maximum Gasteiger partial charge on any atom is 0.338 e. The lowest BCUT2D eigenvalue weighted by Gasteiger charge is -2.52. The Morgan fingerprint density at radius 3 is 2.33 bits per heavy atom. The number of hydrogen-bond donors (Lipinski definition) is 1. The molecule has 3 aliphatic rings. The summed E-state index contributed by atoms with van der Waals surface area (Å²) in [4.78, 5) is 42.5. The van der Waals surface area contributed by atoms with E-state index in [4.69, 9.17) is 9.47 Å². The zero-order valence-corrected chi connectivity index (χ0v) is 24.1. The number of fused-ring (bicyclic) bond motifs is 1. The van der Waals surface area contributed by atoms with E-state index in [2.05, 4.69) is 28.4 Å². The maximum atomic E-state index is 14.0. The van der Waals surface area contributed by atoms with Gasteiger partial charge in [-0.1, -0.05) is 66.7 Å². The van der Waals surface area contributed by atoms with Crippen molar-refractivity contribution in [2.24, 2.45) is 5.41 Å². The number of nitrogens with zero attached hydrogens (tertiary/aromatic N) is 1. The molecule has 3 aromatic rings. The van der Waals surface area contributed by atoms with E-state index in [1.165, 1.54) is 12.7 Å². The summed E-state index contributed by atoms with van der Waals surface area (Å²) < 4.78 is 10.9. The van der Waals surface area contributed by atoms with Gasteiger partial charge in [-0.05, 0) is 61.9 Å². The van der Waals surface area contributed by atoms with Gasteiger partial charge in [0.05, 0.1) is 30.3 Å². The van der Waals surface area contributed by atoms with Crippen LogP contribution in [0, 0.1) is 5.41 Å². The molecule has 2 heterocycles. The molecule has 6 rings (SSSR count). The highest BCUT2D eigenvalue weighted by atomic mass is 16.5. The van der Waals surface area contributed by atoms with Gasteiger partial charge in [0.25, 0.3) is 0 Å². The van der Waals surface area contributed by atoms with Crippen molar-refractivity contribution in [3.05, 3.63) is 113 Å². The molecular formula is C35H36N2O5. The number of methoxy groups -OCH3 is 1. The average molecular weight is 565 g/mol. The summed E-state index contributed by atoms with van der Waals surface area (Å²) in [5.41, 5.74) is 3.68. The van der Waals surface area contributed by atoms with E-state index in [1.54, 1.807) is 31.2 Å². The predicted molar refractivity (Wildman–Crippen MR) is 160 cm³/mol. The monoisotopic (exact) mass is 564 g/mol. The Hall–Kier alpha value is -4.23. The highest BCUT2D eigenvalue weighted by molar-refractivity contribution is 5.96. The first-order valence-corrected chi connectivity index (χ1v) is 14.6. The number of anilines is 1. The van der Waals surface area contributed by atoms with Crippen molar-refractivity contribution in [1.29, 1.82) is 0 Å². The summed E-state index contributed by atoms with van der Waals surface area (Å²) >= 11 is 0. The van der Waals surface area contributed by atoms with Crippen molar-refractivity contribution >= 4 is 23.4 Å². The van der Waals surface area contributed by atoms with E-state index in [0.29, 0.717) is 30.5 Å². The number of para-hydroxylation sites is 1. The van der Waals surface area contributed by atoms with Crippen LogP contribution in [-0.2, 0) is 31.0 Å². The van der Waals surface area contributed by atoms with Crippen LogP contribution in [0.3, 0.4) is 0 Å². The normalized spacial score (nSPS) is 24.3. The third-order valence-electron chi connectivity index (χ3n) is 9.43. The molecule has 3 aromatic carbocycles. The first-order chi connectivity index (χ1) is 20.4. The summed E-state index contributed by atoms with van der Waals surface area (Å²) in [6, 6.07) is 27.2. The van der Waals surface area contributed by atoms with Gasteiger partial charge in [-0.3, -0.25) is 9.69 Å². The van der Waals surface area contributed by atoms with E-state index < -0.39 is 16.8 Å². The summed E-state index contributed by atoms with van der Waals surface area (Å²) in [6.07, 6.45) is 1.98. The zero-order chi connectivity index (χ0) is 29.3. The maximum absolute atomic E-state index is 14.0. The third kappa shape index (κ3) is 4.52. The van der Waals surface area contributed by atoms with Crippen LogP contribution < -0.4 is 5.32 Å². The van der Waals surface area contributed by atoms with Gasteiger partial charge in [0, 0.05) is 35.9 Å². The minimum Gasteiger partial charge on any atom is -0.466 e. The number of rotatable bonds is 9. The molecule has 3 atom stereocenters. The number of likely N-dealkylation sites (tertiary alicyclic amines) is 1. The zero-order valence-electron chi connectivity index (χ0n) is 24.1. The fraction of sp³-hybridized carbons (Fsp3) is 0.343. The first-order valence-electron chi connectivity index (χ1n) is 14.6. The minimum absolute atomic E-state index is 0.0334. The number of carbonyl (C=O) groups excluding carboxylic acids is 3. The van der Waals surface area contributed by atoms with Crippen molar-refractivity contribution in [2.45, 2.75) is 50.6 Å². The number of benzene rings is 3. The van der Waals surface area contributed by atoms with Gasteiger partial charge in [-0.15, -0.1) is 0 Å². The van der Waals surface area contributed by atoms with Crippen molar-refractivity contribution in [3.63, 3.8) is 0 Å². The van der Waals surface area contributed by atoms with Crippen molar-refractivity contribution in [1.82, 2.24) is 4.90 Å². The molecule has 1 unspecified atom stereocenters. The van der Waals surface area contributed by atoms with E-state index in [9.17, 15) is 14.4 Å². The van der Waals surface area contributed by atoms with Crippen molar-refractivity contribution in [3.8, 4) is 0 Å². The molecule has 1 saturated heterocycles. The standard InChI is InChI=1S/C35H36N2O5/c1-24(38)34(18-11-21-42-31(39)26-14-7-4-8-15-26)22-27(32(40)41-2)30-35(28-16-9-10-17-29(28)36-30)19-20-37(33(34)35)23-25-12-5-3-6-13-25/h3-10,12-17,33,36H,11,18-23H2,1-2H3/t33-,34-,35?/m0/s1. The molecule has 0 aromatic heterocycles. The molecule has 7 nitrogen and oxygen atoms in total. The lowest BCUT2D eigenvalue weighted by Crippen LogP contribution is -2.60. The number of esters is 2. The lowest BCUT2D eigenvalue weighted by atomic mass is 9.54. The molecule has 216 valence electrons. The minimum atomic E-state index is -0.892. The number of nitrogens with one attached hydrogen (secondary N) is 1. The Morgan fingerprint density at radius 1 is 0.929 bits per heavy atom. The van der Waals surface area contributed by atoms with Gasteiger partial charge in [0.2, 0.25) is 0 Å². The van der Waals surface area contributed by atoms with E-state index in [1.807, 2.05) is 42.5 Å². The molecule has 0 bridgehead atoms. The van der Waals surface area contributed by atoms with Crippen LogP contribution >= 0.6 is 0 Å². The van der Waals surface area contributed by atoms with Crippen molar-refractivity contribution < 1.29 is 23.9 Å². The topological polar surface area (TPSA) is 84.9 Å². The second-order valence-corrected chi connectivity index (χ2v) is 11.6. The Kier molecular flexibility index (Phi) is 7.45. The van der Waals surface area contributed by atoms with Crippen LogP contribution in [-0.4, -0.2) is 48.9 Å². The first kappa shape index (κ1) is 27.9. The van der Waals surface area contributed by atoms with Crippen LogP contribution in [0.25, 0.3) is 0 Å². The number of ether oxygens (including phenoxy) is 2. The summed E-state index contributed by atoms with van der Waals surface area (Å²) in [5.74, 6) is -0.762. The molecule has 2 aliphatic heterocycles. The van der Waals surface area contributed by atoms with E-state index in [-0.39, 0.29) is 30.8 Å². The van der Waals surface area contributed by atoms with Crippen LogP contribution in [0.2, 0.25) is 0 Å². The number of ketones is 1. The largest absolute Gasteiger partial charge is 0.466 e. The Balaban J connectivity index is 1.41. The highest BCUT2D eigenvalue weighted by Gasteiger charge is 2.67. The second-order valence-electron chi connectivity index (χ2n) is 11.6. The third-order valence-corrected chi connectivity index (χ3v) is 9.43. The molecule has 1 spiro atoms. The molecule has 0 amide bonds. The van der Waals surface area contributed by atoms with E-state index >= 15 is 0 Å². The number of carbonyl (C=O) groups is 3. The molecule has 1 N–H and O–H groups in total. The van der Waals surface area contributed by atoms with Gasteiger partial charge in [-0.2, -0.15) is 0 Å². The van der Waals surface area contributed by atoms with Gasteiger partial charge >= 0.3 is 11.9 Å². The van der Waals surface area contributed by atoms with Crippen LogP contribution in [0.15, 0.2) is 96.2 Å². The fourth-order valence-electron chi connectivity index (χ4n) is 7.68. The van der Waals surface area contributed by atoms with E-state index in [0.717, 1.165) is 29.9 Å². The summed E-state index contributed by atoms with van der Waals surface area (Å²) in [6.45, 7) is 3.29. The summed E-state index contributed by atoms with van der Waals surface area (Å²) in [5, 5.41) is 3.60. The molecular weight excluding hydrogens is 528 g/mol. The van der Waals surface area contributed by atoms with Crippen LogP contribution in [0.4, 0.5) is 5.69 Å². The van der Waals surface area contributed by atoms with Crippen LogP contribution in [0.1, 0.15) is 54.1 Å². The average Bonchev–Trinajstić information content (AvgIpc) is 3.57. The van der Waals surface area contributed by atoms with Crippen molar-refractivity contribution in [2.75, 3.05) is 25.6 Å². The van der Waals surface area contributed by atoms with Gasteiger partial charge in [-0.25, -0.2) is 9.59 Å².